The number of carbonyl (C=O) groups is 3. The van der Waals surface area contributed by atoms with Crippen molar-refractivity contribution in [3.8, 4) is 0 Å². The van der Waals surface area contributed by atoms with E-state index in [1.807, 2.05) is 20.8 Å². The molecule has 3 rings (SSSR count). The first-order chi connectivity index (χ1) is 10.7. The first-order valence-corrected chi connectivity index (χ1v) is 8.30. The Hall–Kier alpha value is -1.79. The number of hydrogen-bond donors (Lipinski definition) is 3. The van der Waals surface area contributed by atoms with E-state index in [9.17, 15) is 14.4 Å². The van der Waals surface area contributed by atoms with Crippen molar-refractivity contribution < 1.29 is 19.1 Å². The number of amides is 4. The SMILES string of the molecule is CC(C)(C)OC(=O)NC1CC[C@H]2CC3(C[C@@H]2C1)NC(=O)NC3=O. The van der Waals surface area contributed by atoms with E-state index in [4.69, 9.17) is 4.74 Å². The molecule has 1 heterocycles. The second-order valence-corrected chi connectivity index (χ2v) is 8.07. The van der Waals surface area contributed by atoms with Gasteiger partial charge in [0.25, 0.3) is 5.91 Å². The average molecular weight is 323 g/mol. The summed E-state index contributed by atoms with van der Waals surface area (Å²) in [6.45, 7) is 5.52. The highest BCUT2D eigenvalue weighted by Gasteiger charge is 2.55. The van der Waals surface area contributed by atoms with Crippen molar-refractivity contribution in [3.63, 3.8) is 0 Å². The van der Waals surface area contributed by atoms with Gasteiger partial charge in [-0.3, -0.25) is 10.1 Å². The molecule has 7 nitrogen and oxygen atoms in total. The molecule has 0 radical (unpaired) electrons. The number of urea groups is 1. The van der Waals surface area contributed by atoms with Gasteiger partial charge < -0.3 is 15.4 Å². The quantitative estimate of drug-likeness (QED) is 0.640. The van der Waals surface area contributed by atoms with Crippen LogP contribution in [0.1, 0.15) is 52.9 Å². The summed E-state index contributed by atoms with van der Waals surface area (Å²) in [7, 11) is 0. The summed E-state index contributed by atoms with van der Waals surface area (Å²) >= 11 is 0. The summed E-state index contributed by atoms with van der Waals surface area (Å²) in [5.74, 6) is 0.567. The van der Waals surface area contributed by atoms with E-state index < -0.39 is 17.2 Å². The monoisotopic (exact) mass is 323 g/mol. The third kappa shape index (κ3) is 3.28. The first kappa shape index (κ1) is 16.1. The van der Waals surface area contributed by atoms with E-state index in [0.717, 1.165) is 19.3 Å². The van der Waals surface area contributed by atoms with Gasteiger partial charge in [-0.1, -0.05) is 0 Å². The summed E-state index contributed by atoms with van der Waals surface area (Å²) in [6, 6.07) is -0.321. The maximum absolute atomic E-state index is 12.1. The molecule has 2 unspecified atom stereocenters. The van der Waals surface area contributed by atoms with Crippen LogP contribution in [0.15, 0.2) is 0 Å². The zero-order chi connectivity index (χ0) is 16.8. The molecule has 1 saturated heterocycles. The van der Waals surface area contributed by atoms with Gasteiger partial charge in [0.15, 0.2) is 0 Å². The van der Waals surface area contributed by atoms with Crippen LogP contribution in [0.25, 0.3) is 0 Å². The molecule has 128 valence electrons. The Labute approximate surface area is 135 Å². The second-order valence-electron chi connectivity index (χ2n) is 8.07. The first-order valence-electron chi connectivity index (χ1n) is 8.30. The van der Waals surface area contributed by atoms with Gasteiger partial charge in [-0.25, -0.2) is 9.59 Å². The molecule has 2 aliphatic carbocycles. The highest BCUT2D eigenvalue weighted by Crippen LogP contribution is 2.48. The number of nitrogens with one attached hydrogen (secondary N) is 3. The Morgan fingerprint density at radius 3 is 2.52 bits per heavy atom. The van der Waals surface area contributed by atoms with Crippen LogP contribution < -0.4 is 16.0 Å². The zero-order valence-electron chi connectivity index (χ0n) is 13.9. The predicted molar refractivity (Wildman–Crippen MR) is 82.6 cm³/mol. The van der Waals surface area contributed by atoms with Gasteiger partial charge in [0.1, 0.15) is 11.1 Å². The van der Waals surface area contributed by atoms with E-state index in [-0.39, 0.29) is 18.0 Å². The fourth-order valence-corrected chi connectivity index (χ4v) is 4.24. The molecule has 3 fully saturated rings. The summed E-state index contributed by atoms with van der Waals surface area (Å²) in [6.07, 6.45) is 3.63. The molecule has 0 bridgehead atoms. The van der Waals surface area contributed by atoms with Gasteiger partial charge in [0.05, 0.1) is 0 Å². The van der Waals surface area contributed by atoms with Crippen molar-refractivity contribution in [2.45, 2.75) is 70.1 Å². The van der Waals surface area contributed by atoms with Crippen molar-refractivity contribution in [3.05, 3.63) is 0 Å². The Bertz CT molecular complexity index is 542. The molecule has 7 heteroatoms. The Kier molecular flexibility index (Phi) is 3.77. The number of imide groups is 1. The minimum absolute atomic E-state index is 0.0708. The van der Waals surface area contributed by atoms with Crippen LogP contribution in [0.2, 0.25) is 0 Å². The van der Waals surface area contributed by atoms with Crippen LogP contribution in [0.5, 0.6) is 0 Å². The van der Waals surface area contributed by atoms with E-state index in [1.54, 1.807) is 0 Å². The number of fused-ring (bicyclic) bond motifs is 1. The molecule has 3 aliphatic rings. The number of ether oxygens (including phenoxy) is 1. The number of carbonyl (C=O) groups excluding carboxylic acids is 3. The van der Waals surface area contributed by atoms with Gasteiger partial charge in [-0.05, 0) is 64.7 Å². The zero-order valence-corrected chi connectivity index (χ0v) is 13.9. The Balaban J connectivity index is 1.58. The lowest BCUT2D eigenvalue weighted by molar-refractivity contribution is -0.123. The lowest BCUT2D eigenvalue weighted by atomic mass is 9.79. The van der Waals surface area contributed by atoms with Gasteiger partial charge in [0, 0.05) is 6.04 Å². The lowest BCUT2D eigenvalue weighted by Gasteiger charge is -2.32. The molecule has 1 aliphatic heterocycles. The minimum atomic E-state index is -0.729. The third-order valence-corrected chi connectivity index (χ3v) is 5.10. The van der Waals surface area contributed by atoms with E-state index in [1.165, 1.54) is 0 Å². The Morgan fingerprint density at radius 1 is 1.22 bits per heavy atom. The standard InChI is InChI=1S/C16H25N3O4/c1-15(2,3)23-14(22)17-11-5-4-9-7-16(8-10(9)6-11)12(20)18-13(21)19-16/h9-11H,4-8H2,1-3H3,(H,17,22)(H2,18,19,20,21)/t9-,10-,11?,16?/m0/s1. The maximum atomic E-state index is 12.1. The fraction of sp³-hybridized carbons (Fsp3) is 0.812. The summed E-state index contributed by atoms with van der Waals surface area (Å²) in [5.41, 5.74) is -1.24. The normalized spacial score (nSPS) is 36.4. The van der Waals surface area contributed by atoms with Crippen molar-refractivity contribution in [1.82, 2.24) is 16.0 Å². The molecule has 0 aromatic carbocycles. The van der Waals surface area contributed by atoms with E-state index >= 15 is 0 Å². The van der Waals surface area contributed by atoms with Crippen LogP contribution in [0.4, 0.5) is 9.59 Å². The van der Waals surface area contributed by atoms with Crippen LogP contribution in [0, 0.1) is 11.8 Å². The molecular formula is C16H25N3O4. The van der Waals surface area contributed by atoms with Gasteiger partial charge in [-0.15, -0.1) is 0 Å². The lowest BCUT2D eigenvalue weighted by Crippen LogP contribution is -2.44. The number of hydrogen-bond acceptors (Lipinski definition) is 4. The smallest absolute Gasteiger partial charge is 0.407 e. The van der Waals surface area contributed by atoms with Crippen LogP contribution in [-0.4, -0.2) is 35.2 Å². The summed E-state index contributed by atoms with van der Waals surface area (Å²) in [5, 5.41) is 8.10. The van der Waals surface area contributed by atoms with Crippen molar-refractivity contribution in [2.75, 3.05) is 0 Å². The molecule has 2 saturated carbocycles. The molecule has 23 heavy (non-hydrogen) atoms. The molecular weight excluding hydrogens is 298 g/mol. The second kappa shape index (κ2) is 5.39. The Morgan fingerprint density at radius 2 is 1.91 bits per heavy atom. The number of alkyl carbamates (subject to hydrolysis) is 1. The predicted octanol–water partition coefficient (Wildman–Crippen LogP) is 1.67. The molecule has 0 aromatic heterocycles. The highest BCUT2D eigenvalue weighted by atomic mass is 16.6. The molecule has 4 amide bonds. The minimum Gasteiger partial charge on any atom is -0.444 e. The van der Waals surface area contributed by atoms with Crippen LogP contribution >= 0.6 is 0 Å². The fourth-order valence-electron chi connectivity index (χ4n) is 4.24. The topological polar surface area (TPSA) is 96.5 Å². The van der Waals surface area contributed by atoms with Crippen molar-refractivity contribution in [1.29, 1.82) is 0 Å². The maximum Gasteiger partial charge on any atom is 0.407 e. The van der Waals surface area contributed by atoms with E-state index in [0.29, 0.717) is 24.7 Å². The highest BCUT2D eigenvalue weighted by molar-refractivity contribution is 6.07. The van der Waals surface area contributed by atoms with Crippen LogP contribution in [0.3, 0.4) is 0 Å². The summed E-state index contributed by atoms with van der Waals surface area (Å²) < 4.78 is 5.31. The average Bonchev–Trinajstić information content (AvgIpc) is 2.86. The van der Waals surface area contributed by atoms with Gasteiger partial charge >= 0.3 is 12.1 Å². The molecule has 0 aromatic rings. The number of rotatable bonds is 1. The van der Waals surface area contributed by atoms with Gasteiger partial charge in [-0.2, -0.15) is 0 Å². The van der Waals surface area contributed by atoms with Crippen molar-refractivity contribution in [2.24, 2.45) is 11.8 Å². The third-order valence-electron chi connectivity index (χ3n) is 5.10. The van der Waals surface area contributed by atoms with Crippen LogP contribution in [-0.2, 0) is 9.53 Å². The van der Waals surface area contributed by atoms with E-state index in [2.05, 4.69) is 16.0 Å². The molecule has 4 atom stereocenters. The van der Waals surface area contributed by atoms with Crippen molar-refractivity contribution >= 4 is 18.0 Å². The largest absolute Gasteiger partial charge is 0.444 e. The summed E-state index contributed by atoms with van der Waals surface area (Å²) in [4.78, 5) is 35.4. The van der Waals surface area contributed by atoms with Gasteiger partial charge in [0.2, 0.25) is 0 Å². The molecule has 3 N–H and O–H groups in total. The molecule has 1 spiro atoms.